The Labute approximate surface area is 214 Å². The molecule has 0 N–H and O–H groups in total. The first-order valence-electron chi connectivity index (χ1n) is 15.0. The molecule has 4 saturated carbocycles. The molecule has 194 valence electrons. The summed E-state index contributed by atoms with van der Waals surface area (Å²) in [6, 6.07) is 3.89. The zero-order valence-corrected chi connectivity index (χ0v) is 23.2. The molecule has 0 bridgehead atoms. The molecule has 1 aromatic heterocycles. The second-order valence-corrected chi connectivity index (χ2v) is 14.0. The molecule has 0 spiro atoms. The second-order valence-electron chi connectivity index (χ2n) is 14.0. The normalized spacial score (nSPS) is 41.4. The van der Waals surface area contributed by atoms with E-state index in [1.165, 1.54) is 64.2 Å². The first-order valence-corrected chi connectivity index (χ1v) is 15.0. The highest BCUT2D eigenvalue weighted by Gasteiger charge is 2.60. The van der Waals surface area contributed by atoms with Gasteiger partial charge >= 0.3 is 0 Å². The molecule has 0 aromatic carbocycles. The lowest BCUT2D eigenvalue weighted by molar-refractivity contribution is -0.123. The van der Waals surface area contributed by atoms with Crippen molar-refractivity contribution in [2.75, 3.05) is 0 Å². The number of fused-ring (bicyclic) bond motifs is 5. The van der Waals surface area contributed by atoms with Gasteiger partial charge in [-0.15, -0.1) is 0 Å². The van der Waals surface area contributed by atoms with E-state index in [0.717, 1.165) is 59.7 Å². The number of carbonyl (C=O) groups excluding carboxylic acids is 1. The van der Waals surface area contributed by atoms with Crippen LogP contribution in [0.2, 0.25) is 0 Å². The predicted octanol–water partition coefficient (Wildman–Crippen LogP) is 9.35. The zero-order chi connectivity index (χ0) is 24.8. The highest BCUT2D eigenvalue weighted by molar-refractivity contribution is 5.99. The van der Waals surface area contributed by atoms with Crippen LogP contribution in [-0.4, -0.2) is 5.78 Å². The van der Waals surface area contributed by atoms with E-state index in [1.807, 2.05) is 18.2 Å². The highest BCUT2D eigenvalue weighted by Crippen LogP contribution is 2.68. The maximum atomic E-state index is 13.3. The summed E-state index contributed by atoms with van der Waals surface area (Å²) < 4.78 is 5.55. The summed E-state index contributed by atoms with van der Waals surface area (Å²) in [4.78, 5) is 13.3. The summed E-state index contributed by atoms with van der Waals surface area (Å²) in [7, 11) is 0. The van der Waals surface area contributed by atoms with Crippen LogP contribution in [0.3, 0.4) is 0 Å². The molecule has 0 aliphatic heterocycles. The molecule has 2 heteroatoms. The number of hydrogen-bond acceptors (Lipinski definition) is 2. The first kappa shape index (κ1) is 25.3. The maximum Gasteiger partial charge on any atom is 0.159 e. The van der Waals surface area contributed by atoms with Gasteiger partial charge in [0.2, 0.25) is 0 Å². The number of carbonyl (C=O) groups is 1. The number of rotatable bonds is 6. The number of Topliss-reactive ketones (excluding diaryl/α,β-unsaturated/α-hetero) is 1. The van der Waals surface area contributed by atoms with Crippen molar-refractivity contribution >= 4 is 11.9 Å². The molecule has 35 heavy (non-hydrogen) atoms. The Hall–Kier alpha value is -1.31. The molecule has 0 unspecified atom stereocenters. The second kappa shape index (κ2) is 9.86. The van der Waals surface area contributed by atoms with E-state index in [2.05, 4.69) is 34.6 Å². The van der Waals surface area contributed by atoms with Gasteiger partial charge in [-0.25, -0.2) is 0 Å². The zero-order valence-electron chi connectivity index (χ0n) is 23.2. The van der Waals surface area contributed by atoms with E-state index in [9.17, 15) is 4.79 Å². The Morgan fingerprint density at radius 2 is 1.80 bits per heavy atom. The Morgan fingerprint density at radius 3 is 2.54 bits per heavy atom. The fraction of sp³-hybridized carbons (Fsp3) is 0.788. The van der Waals surface area contributed by atoms with Crippen molar-refractivity contribution in [3.8, 4) is 0 Å². The molecule has 2 nitrogen and oxygen atoms in total. The van der Waals surface area contributed by atoms with E-state index in [0.29, 0.717) is 22.5 Å². The molecule has 1 heterocycles. The van der Waals surface area contributed by atoms with Crippen molar-refractivity contribution in [3.63, 3.8) is 0 Å². The van der Waals surface area contributed by atoms with Crippen LogP contribution >= 0.6 is 0 Å². The van der Waals surface area contributed by atoms with Gasteiger partial charge in [0.25, 0.3) is 0 Å². The van der Waals surface area contributed by atoms with Crippen LogP contribution in [-0.2, 0) is 4.79 Å². The first-order chi connectivity index (χ1) is 16.7. The molecular formula is C33H50O2. The summed E-state index contributed by atoms with van der Waals surface area (Å²) in [6.07, 6.45) is 19.2. The molecule has 0 radical (unpaired) electrons. The lowest BCUT2D eigenvalue weighted by Gasteiger charge is -2.59. The molecule has 5 rings (SSSR count). The molecule has 4 aliphatic rings. The number of ketones is 1. The van der Waals surface area contributed by atoms with Crippen molar-refractivity contribution in [2.45, 2.75) is 112 Å². The van der Waals surface area contributed by atoms with Crippen LogP contribution in [0.4, 0.5) is 0 Å². The minimum atomic E-state index is 0.319. The molecule has 0 saturated heterocycles. The van der Waals surface area contributed by atoms with Crippen molar-refractivity contribution < 1.29 is 9.21 Å². The Bertz CT molecular complexity index is 910. The van der Waals surface area contributed by atoms with Crippen molar-refractivity contribution in [1.82, 2.24) is 0 Å². The lowest BCUT2D eigenvalue weighted by Crippen LogP contribution is -2.52. The molecule has 4 aliphatic carbocycles. The van der Waals surface area contributed by atoms with Gasteiger partial charge in [0, 0.05) is 6.42 Å². The average molecular weight is 479 g/mol. The van der Waals surface area contributed by atoms with Gasteiger partial charge in [-0.2, -0.15) is 0 Å². The molecular weight excluding hydrogens is 428 g/mol. The number of hydrogen-bond donors (Lipinski definition) is 0. The fourth-order valence-electron chi connectivity index (χ4n) is 9.88. The van der Waals surface area contributed by atoms with E-state index >= 15 is 0 Å². The van der Waals surface area contributed by atoms with Gasteiger partial charge in [0.1, 0.15) is 5.76 Å². The minimum absolute atomic E-state index is 0.319. The summed E-state index contributed by atoms with van der Waals surface area (Å²) in [6.45, 7) is 12.6. The van der Waals surface area contributed by atoms with E-state index in [1.54, 1.807) is 6.26 Å². The van der Waals surface area contributed by atoms with Gasteiger partial charge in [0.05, 0.1) is 6.26 Å². The summed E-state index contributed by atoms with van der Waals surface area (Å²) in [5.74, 6) is 7.00. The minimum Gasteiger partial charge on any atom is -0.465 e. The van der Waals surface area contributed by atoms with Gasteiger partial charge in [0.15, 0.2) is 5.78 Å². The number of furan rings is 1. The van der Waals surface area contributed by atoms with Gasteiger partial charge < -0.3 is 4.42 Å². The van der Waals surface area contributed by atoms with Crippen LogP contribution in [0.5, 0.6) is 0 Å². The lowest BCUT2D eigenvalue weighted by atomic mass is 9.46. The average Bonchev–Trinajstić information content (AvgIpc) is 3.42. The largest absolute Gasteiger partial charge is 0.465 e. The van der Waals surface area contributed by atoms with Crippen molar-refractivity contribution in [3.05, 3.63) is 29.7 Å². The third kappa shape index (κ3) is 4.61. The van der Waals surface area contributed by atoms with E-state index < -0.39 is 0 Å². The monoisotopic (exact) mass is 478 g/mol. The quantitative estimate of drug-likeness (QED) is 0.381. The molecule has 8 atom stereocenters. The van der Waals surface area contributed by atoms with E-state index in [-0.39, 0.29) is 0 Å². The molecule has 1 aromatic rings. The number of allylic oxidation sites excluding steroid dienone is 1. The Kier molecular flexibility index (Phi) is 7.14. The standard InChI is InChI=1S/C33H50O2/c1-22(2)8-6-9-23(3)28-13-14-29-27-12-11-25-21-31(34)24(20-26-10-7-19-35-26)15-17-32(25,4)30(27)16-18-33(28,29)5/h7,10,19-20,22-23,25,27-30H,6,8-9,11-18,21H2,1-5H3/b24-20+/t23-,25+,27+,28+,29-,30+,32+,33+/m1/s1. The molecule has 4 fully saturated rings. The third-order valence-corrected chi connectivity index (χ3v) is 11.8. The third-order valence-electron chi connectivity index (χ3n) is 11.8. The smallest absolute Gasteiger partial charge is 0.159 e. The fourth-order valence-corrected chi connectivity index (χ4v) is 9.88. The maximum absolute atomic E-state index is 13.3. The Morgan fingerprint density at radius 1 is 1.00 bits per heavy atom. The van der Waals surface area contributed by atoms with Crippen LogP contribution in [0.1, 0.15) is 117 Å². The molecule has 0 amide bonds. The van der Waals surface area contributed by atoms with Gasteiger partial charge in [-0.05, 0) is 127 Å². The van der Waals surface area contributed by atoms with Gasteiger partial charge in [-0.1, -0.05) is 53.9 Å². The summed E-state index contributed by atoms with van der Waals surface area (Å²) >= 11 is 0. The van der Waals surface area contributed by atoms with Crippen molar-refractivity contribution in [1.29, 1.82) is 0 Å². The van der Waals surface area contributed by atoms with Crippen LogP contribution in [0, 0.1) is 52.3 Å². The van der Waals surface area contributed by atoms with Crippen molar-refractivity contribution in [2.24, 2.45) is 52.3 Å². The highest BCUT2D eigenvalue weighted by atomic mass is 16.3. The Balaban J connectivity index is 1.31. The van der Waals surface area contributed by atoms with Crippen LogP contribution < -0.4 is 0 Å². The SMILES string of the molecule is CC(C)CCC[C@@H](C)[C@@H]1CC[C@@H]2[C@@H]3CC[C@H]4CC(=O)/C(=C/c5ccco5)CC[C@]4(C)[C@H]3CC[C@]21C. The topological polar surface area (TPSA) is 30.2 Å². The van der Waals surface area contributed by atoms with Gasteiger partial charge in [-0.3, -0.25) is 4.79 Å². The van der Waals surface area contributed by atoms with Crippen LogP contribution in [0.25, 0.3) is 6.08 Å². The summed E-state index contributed by atoms with van der Waals surface area (Å²) in [5, 5.41) is 0. The summed E-state index contributed by atoms with van der Waals surface area (Å²) in [5.41, 5.74) is 1.87. The van der Waals surface area contributed by atoms with Crippen LogP contribution in [0.15, 0.2) is 28.4 Å². The van der Waals surface area contributed by atoms with E-state index in [4.69, 9.17) is 4.42 Å². The predicted molar refractivity (Wildman–Crippen MR) is 145 cm³/mol.